The molecule has 3 aliphatic heterocycles. The van der Waals surface area contributed by atoms with Gasteiger partial charge in [0, 0.05) is 19.6 Å². The first-order valence-electron chi connectivity index (χ1n) is 20.0. The van der Waals surface area contributed by atoms with Gasteiger partial charge in [0.15, 0.2) is 0 Å². The molecule has 10 N–H and O–H groups in total. The minimum atomic E-state index is -1.49. The fraction of sp³-hybridized carbons (Fsp3) is 0.757. The maximum Gasteiger partial charge on any atom is 0.326 e. The molecule has 21 nitrogen and oxygen atoms in total. The molecule has 0 bridgehead atoms. The van der Waals surface area contributed by atoms with Gasteiger partial charge >= 0.3 is 5.97 Å². The van der Waals surface area contributed by atoms with Gasteiger partial charge < -0.3 is 62.3 Å². The molecule has 0 aromatic rings. The topological polar surface area (TPSA) is 310 Å². The first-order chi connectivity index (χ1) is 27.9. The summed E-state index contributed by atoms with van der Waals surface area (Å²) in [6, 6.07) is -7.96. The van der Waals surface area contributed by atoms with E-state index in [0.717, 1.165) is 0 Å². The van der Waals surface area contributed by atoms with Crippen molar-refractivity contribution in [3.63, 3.8) is 0 Å². The normalized spacial score (nSPS) is 21.6. The zero-order valence-corrected chi connectivity index (χ0v) is 35.0. The second-order valence-electron chi connectivity index (χ2n) is 15.5. The number of rotatable bonds is 21. The van der Waals surface area contributed by atoms with Crippen molar-refractivity contribution in [3.8, 4) is 0 Å². The zero-order valence-electron chi connectivity index (χ0n) is 34.1. The molecule has 22 heteroatoms. The number of nitrogens with two attached hydrogens (primary N) is 1. The van der Waals surface area contributed by atoms with Crippen molar-refractivity contribution in [1.82, 2.24) is 41.3 Å². The minimum absolute atomic E-state index is 0.122. The van der Waals surface area contributed by atoms with Gasteiger partial charge in [-0.2, -0.15) is 11.8 Å². The Morgan fingerprint density at radius 2 is 1.25 bits per heavy atom. The van der Waals surface area contributed by atoms with Crippen molar-refractivity contribution in [3.05, 3.63) is 0 Å². The third kappa shape index (κ3) is 13.8. The van der Waals surface area contributed by atoms with Gasteiger partial charge in [-0.05, 0) is 76.2 Å². The van der Waals surface area contributed by atoms with Gasteiger partial charge in [0.1, 0.15) is 36.3 Å². The van der Waals surface area contributed by atoms with Crippen LogP contribution in [0.5, 0.6) is 0 Å². The number of aliphatic hydroxyl groups excluding tert-OH is 2. The Labute approximate surface area is 347 Å². The number of nitrogens with zero attached hydrogens (tertiary/aromatic N) is 3. The molecule has 0 saturated carbocycles. The summed E-state index contributed by atoms with van der Waals surface area (Å²) in [7, 11) is 0. The van der Waals surface area contributed by atoms with Gasteiger partial charge in [0.2, 0.25) is 47.3 Å². The fourth-order valence-corrected chi connectivity index (χ4v) is 7.88. The van der Waals surface area contributed by atoms with Crippen LogP contribution in [0, 0.1) is 5.92 Å². The van der Waals surface area contributed by atoms with Crippen LogP contribution in [-0.2, 0) is 43.2 Å². The average molecular weight is 856 g/mol. The number of carbonyl (C=O) groups is 9. The van der Waals surface area contributed by atoms with Crippen LogP contribution in [-0.4, -0.2) is 183 Å². The minimum Gasteiger partial charge on any atom is -0.480 e. The summed E-state index contributed by atoms with van der Waals surface area (Å²) in [4.78, 5) is 121. The number of carboxylic acids is 1. The second-order valence-corrected chi connectivity index (χ2v) is 16.5. The number of amides is 8. The lowest BCUT2D eigenvalue weighted by atomic mass is 10.0. The molecule has 3 heterocycles. The molecule has 0 unspecified atom stereocenters. The second kappa shape index (κ2) is 23.3. The lowest BCUT2D eigenvalue weighted by Crippen LogP contribution is -2.59. The van der Waals surface area contributed by atoms with Crippen molar-refractivity contribution < 1.29 is 58.5 Å². The molecule has 0 aromatic carbocycles. The van der Waals surface area contributed by atoms with Crippen molar-refractivity contribution in [2.75, 3.05) is 51.3 Å². The van der Waals surface area contributed by atoms with E-state index >= 15 is 0 Å². The molecule has 8 atom stereocenters. The van der Waals surface area contributed by atoms with E-state index in [-0.39, 0.29) is 44.8 Å². The Balaban J connectivity index is 1.60. The number of hydrogen-bond acceptors (Lipinski definition) is 13. The van der Waals surface area contributed by atoms with E-state index in [4.69, 9.17) is 5.73 Å². The van der Waals surface area contributed by atoms with Crippen molar-refractivity contribution in [2.45, 2.75) is 121 Å². The van der Waals surface area contributed by atoms with Gasteiger partial charge in [-0.25, -0.2) is 4.79 Å². The SMILES string of the molecule is CSCC[C@H](N)C(=O)N[C@H](C(=O)NCC(=O)N1CCC[C@H]1C(=O)N[C@@H](CC(C)C)C(=O)N[C@@H](CO)C(=O)N1CCC[C@H]1C(=O)NCC(=O)N1CCC[C@H]1C(=O)O)[C@@H](C)O. The summed E-state index contributed by atoms with van der Waals surface area (Å²) < 4.78 is 0. The van der Waals surface area contributed by atoms with Gasteiger partial charge in [0.05, 0.1) is 31.8 Å². The Bertz CT molecular complexity index is 1550. The first kappa shape index (κ1) is 48.8. The van der Waals surface area contributed by atoms with E-state index in [0.29, 0.717) is 37.9 Å². The molecule has 0 aromatic heterocycles. The van der Waals surface area contributed by atoms with Crippen LogP contribution in [0.2, 0.25) is 0 Å². The van der Waals surface area contributed by atoms with Crippen LogP contribution >= 0.6 is 11.8 Å². The maximum absolute atomic E-state index is 13.6. The third-order valence-corrected chi connectivity index (χ3v) is 11.2. The number of hydrogen-bond donors (Lipinski definition) is 9. The Kier molecular flexibility index (Phi) is 19.3. The zero-order chi connectivity index (χ0) is 44.0. The molecule has 8 amide bonds. The molecule has 3 rings (SSSR count). The quantitative estimate of drug-likeness (QED) is 0.0536. The predicted molar refractivity (Wildman–Crippen MR) is 213 cm³/mol. The molecule has 59 heavy (non-hydrogen) atoms. The average Bonchev–Trinajstić information content (AvgIpc) is 4.00. The summed E-state index contributed by atoms with van der Waals surface area (Å²) in [6.45, 7) is 3.62. The predicted octanol–water partition coefficient (Wildman–Crippen LogP) is -3.77. The van der Waals surface area contributed by atoms with Gasteiger partial charge in [-0.15, -0.1) is 0 Å². The first-order valence-corrected chi connectivity index (χ1v) is 21.4. The van der Waals surface area contributed by atoms with E-state index in [1.54, 1.807) is 13.8 Å². The summed E-state index contributed by atoms with van der Waals surface area (Å²) in [5.74, 6) is -6.14. The van der Waals surface area contributed by atoms with Crippen LogP contribution in [0.3, 0.4) is 0 Å². The fourth-order valence-electron chi connectivity index (χ4n) is 7.39. The largest absolute Gasteiger partial charge is 0.480 e. The maximum atomic E-state index is 13.6. The Hall–Kier alpha value is -4.54. The Morgan fingerprint density at radius 1 is 0.712 bits per heavy atom. The van der Waals surface area contributed by atoms with E-state index in [1.807, 2.05) is 6.26 Å². The van der Waals surface area contributed by atoms with Gasteiger partial charge in [0.25, 0.3) is 0 Å². The van der Waals surface area contributed by atoms with Crippen LogP contribution in [0.25, 0.3) is 0 Å². The standard InChI is InChI=1S/C37H61N9O12S/c1-20(2)16-23(41-34(54)26-9-5-12-44(26)28(49)18-40-35(55)30(21(3)48)43-31(51)22(38)11-15-59-4)32(52)42-24(19-47)36(56)46-14-6-8-25(46)33(53)39-17-29(50)45-13-7-10-27(45)37(57)58/h20-27,30,47-48H,5-19,38H2,1-4H3,(H,39,53)(H,40,55)(H,41,54)(H,42,52)(H,43,51)(H,57,58)/t21-,22+,23+,24+,25+,26+,27+,30+/m1/s1. The number of aliphatic hydroxyl groups is 2. The van der Waals surface area contributed by atoms with Gasteiger partial charge in [-0.3, -0.25) is 38.4 Å². The van der Waals surface area contributed by atoms with E-state index in [2.05, 4.69) is 26.6 Å². The van der Waals surface area contributed by atoms with Crippen molar-refractivity contribution >= 4 is 65.0 Å². The molecule has 3 fully saturated rings. The number of carbonyl (C=O) groups excluding carboxylic acids is 8. The highest BCUT2D eigenvalue weighted by Gasteiger charge is 2.41. The number of nitrogens with one attached hydrogen (secondary N) is 5. The van der Waals surface area contributed by atoms with Gasteiger partial charge in [-0.1, -0.05) is 13.8 Å². The van der Waals surface area contributed by atoms with E-state index in [1.165, 1.54) is 33.4 Å². The molecule has 3 saturated heterocycles. The molecule has 3 aliphatic rings. The number of thioether (sulfide) groups is 1. The van der Waals surface area contributed by atoms with Crippen LogP contribution < -0.4 is 32.3 Å². The van der Waals surface area contributed by atoms with E-state index < -0.39 is 121 Å². The molecular weight excluding hydrogens is 795 g/mol. The highest BCUT2D eigenvalue weighted by atomic mass is 32.2. The number of aliphatic carboxylic acids is 1. The number of carboxylic acid groups (broad SMARTS) is 1. The lowest BCUT2D eigenvalue weighted by Gasteiger charge is -2.30. The summed E-state index contributed by atoms with van der Waals surface area (Å²) >= 11 is 1.49. The third-order valence-electron chi connectivity index (χ3n) is 10.6. The van der Waals surface area contributed by atoms with Crippen LogP contribution in [0.4, 0.5) is 0 Å². The molecular formula is C37H61N9O12S. The van der Waals surface area contributed by atoms with Crippen molar-refractivity contribution in [1.29, 1.82) is 0 Å². The summed E-state index contributed by atoms with van der Waals surface area (Å²) in [5, 5.41) is 42.2. The highest BCUT2D eigenvalue weighted by Crippen LogP contribution is 2.21. The van der Waals surface area contributed by atoms with E-state index in [9.17, 15) is 58.5 Å². The lowest BCUT2D eigenvalue weighted by molar-refractivity contribution is -0.148. The van der Waals surface area contributed by atoms with Crippen molar-refractivity contribution in [2.24, 2.45) is 11.7 Å². The summed E-state index contributed by atoms with van der Waals surface area (Å²) in [6.07, 6.45) is 3.20. The summed E-state index contributed by atoms with van der Waals surface area (Å²) in [5.41, 5.74) is 5.88. The Morgan fingerprint density at radius 3 is 1.80 bits per heavy atom. The van der Waals surface area contributed by atoms with Crippen LogP contribution in [0.15, 0.2) is 0 Å². The monoisotopic (exact) mass is 855 g/mol. The van der Waals surface area contributed by atoms with Crippen LogP contribution in [0.1, 0.15) is 72.1 Å². The number of likely N-dealkylation sites (tertiary alicyclic amines) is 3. The molecule has 332 valence electrons. The molecule has 0 radical (unpaired) electrons. The molecule has 0 aliphatic carbocycles. The molecule has 0 spiro atoms. The highest BCUT2D eigenvalue weighted by molar-refractivity contribution is 7.98. The smallest absolute Gasteiger partial charge is 0.326 e.